The molecule has 4 rings (SSSR count). The summed E-state index contributed by atoms with van der Waals surface area (Å²) in [7, 11) is 0. The molecule has 0 spiro atoms. The van der Waals surface area contributed by atoms with Gasteiger partial charge in [-0.2, -0.15) is 4.98 Å². The SMILES string of the molecule is CC(C)CC(CN)c1nc(C2CN3CCN2CC3)no1. The van der Waals surface area contributed by atoms with Crippen molar-refractivity contribution in [1.29, 1.82) is 0 Å². The Bertz CT molecular complexity index is 439. The lowest BCUT2D eigenvalue weighted by Crippen LogP contribution is -2.57. The van der Waals surface area contributed by atoms with Crippen LogP contribution in [0.25, 0.3) is 0 Å². The number of nitrogens with two attached hydrogens (primary N) is 1. The van der Waals surface area contributed by atoms with E-state index in [0.717, 1.165) is 31.9 Å². The smallest absolute Gasteiger partial charge is 0.231 e. The third-order valence-corrected chi connectivity index (χ3v) is 4.42. The van der Waals surface area contributed by atoms with Crippen molar-refractivity contribution < 1.29 is 4.52 Å². The van der Waals surface area contributed by atoms with E-state index in [1.165, 1.54) is 13.1 Å². The maximum atomic E-state index is 5.85. The molecule has 3 saturated heterocycles. The molecule has 0 aliphatic carbocycles. The average molecular weight is 279 g/mol. The van der Waals surface area contributed by atoms with E-state index < -0.39 is 0 Å². The Morgan fingerprint density at radius 3 is 2.60 bits per heavy atom. The van der Waals surface area contributed by atoms with Crippen molar-refractivity contribution in [2.24, 2.45) is 11.7 Å². The Morgan fingerprint density at radius 2 is 2.05 bits per heavy atom. The van der Waals surface area contributed by atoms with Crippen molar-refractivity contribution in [2.45, 2.75) is 32.2 Å². The van der Waals surface area contributed by atoms with Gasteiger partial charge in [0.2, 0.25) is 5.89 Å². The van der Waals surface area contributed by atoms with E-state index in [9.17, 15) is 0 Å². The lowest BCUT2D eigenvalue weighted by atomic mass is 9.97. The highest BCUT2D eigenvalue weighted by molar-refractivity contribution is 5.03. The van der Waals surface area contributed by atoms with E-state index in [1.807, 2.05) is 0 Å². The summed E-state index contributed by atoms with van der Waals surface area (Å²) >= 11 is 0. The summed E-state index contributed by atoms with van der Waals surface area (Å²) in [6, 6.07) is 0.299. The summed E-state index contributed by atoms with van der Waals surface area (Å²) in [5.74, 6) is 2.33. The lowest BCUT2D eigenvalue weighted by molar-refractivity contribution is 0.00781. The van der Waals surface area contributed by atoms with Crippen LogP contribution in [0, 0.1) is 5.92 Å². The van der Waals surface area contributed by atoms with Crippen LogP contribution in [0.5, 0.6) is 0 Å². The molecule has 112 valence electrons. The van der Waals surface area contributed by atoms with E-state index in [1.54, 1.807) is 0 Å². The standard InChI is InChI=1S/C14H25N5O/c1-10(2)7-11(8-15)14-16-13(17-20-14)12-9-18-3-5-19(12)6-4-18/h10-12H,3-9,15H2,1-2H3. The summed E-state index contributed by atoms with van der Waals surface area (Å²) in [6.07, 6.45) is 0.999. The minimum atomic E-state index is 0.187. The molecule has 3 aliphatic heterocycles. The van der Waals surface area contributed by atoms with Crippen LogP contribution < -0.4 is 5.73 Å². The predicted octanol–water partition coefficient (Wildman–Crippen LogP) is 0.830. The second kappa shape index (κ2) is 5.79. The van der Waals surface area contributed by atoms with E-state index in [4.69, 9.17) is 10.3 Å². The first-order valence-electron chi connectivity index (χ1n) is 7.67. The van der Waals surface area contributed by atoms with Crippen molar-refractivity contribution in [3.63, 3.8) is 0 Å². The Labute approximate surface area is 120 Å². The Morgan fingerprint density at radius 1 is 1.30 bits per heavy atom. The molecule has 3 fully saturated rings. The maximum Gasteiger partial charge on any atom is 0.231 e. The minimum absolute atomic E-state index is 0.187. The van der Waals surface area contributed by atoms with Crippen molar-refractivity contribution in [2.75, 3.05) is 39.3 Å². The lowest BCUT2D eigenvalue weighted by Gasteiger charge is -2.46. The van der Waals surface area contributed by atoms with Crippen molar-refractivity contribution in [3.05, 3.63) is 11.7 Å². The monoisotopic (exact) mass is 279 g/mol. The number of piperazine rings is 3. The number of rotatable bonds is 5. The van der Waals surface area contributed by atoms with Crippen LogP contribution in [-0.4, -0.2) is 59.2 Å². The summed E-state index contributed by atoms with van der Waals surface area (Å²) in [5, 5.41) is 4.22. The third kappa shape index (κ3) is 2.73. The molecule has 2 N–H and O–H groups in total. The molecule has 0 saturated carbocycles. The topological polar surface area (TPSA) is 71.4 Å². The van der Waals surface area contributed by atoms with Crippen molar-refractivity contribution in [3.8, 4) is 0 Å². The zero-order valence-electron chi connectivity index (χ0n) is 12.5. The van der Waals surface area contributed by atoms with E-state index in [0.29, 0.717) is 24.4 Å². The number of fused-ring (bicyclic) bond motifs is 3. The van der Waals surface area contributed by atoms with Gasteiger partial charge < -0.3 is 10.3 Å². The van der Waals surface area contributed by atoms with Gasteiger partial charge in [0.25, 0.3) is 0 Å². The first-order valence-corrected chi connectivity index (χ1v) is 7.67. The zero-order chi connectivity index (χ0) is 14.1. The quantitative estimate of drug-likeness (QED) is 0.861. The minimum Gasteiger partial charge on any atom is -0.339 e. The fraction of sp³-hybridized carbons (Fsp3) is 0.857. The molecule has 2 atom stereocenters. The molecular weight excluding hydrogens is 254 g/mol. The van der Waals surface area contributed by atoms with E-state index >= 15 is 0 Å². The Kier molecular flexibility index (Phi) is 4.05. The molecule has 0 aromatic carbocycles. The van der Waals surface area contributed by atoms with Gasteiger partial charge in [-0.25, -0.2) is 0 Å². The largest absolute Gasteiger partial charge is 0.339 e. The molecule has 2 unspecified atom stereocenters. The highest BCUT2D eigenvalue weighted by Crippen LogP contribution is 2.29. The van der Waals surface area contributed by atoms with Gasteiger partial charge in [0.1, 0.15) is 0 Å². The molecule has 1 aromatic heterocycles. The van der Waals surface area contributed by atoms with Crippen LogP contribution >= 0.6 is 0 Å². The van der Waals surface area contributed by atoms with Gasteiger partial charge in [0.15, 0.2) is 5.82 Å². The van der Waals surface area contributed by atoms with Gasteiger partial charge >= 0.3 is 0 Å². The number of nitrogens with zero attached hydrogens (tertiary/aromatic N) is 4. The first kappa shape index (κ1) is 14.0. The van der Waals surface area contributed by atoms with Gasteiger partial charge in [0, 0.05) is 39.3 Å². The maximum absolute atomic E-state index is 5.85. The van der Waals surface area contributed by atoms with Gasteiger partial charge in [-0.1, -0.05) is 19.0 Å². The molecular formula is C14H25N5O. The molecule has 3 aliphatic rings. The number of hydrogen-bond acceptors (Lipinski definition) is 6. The molecule has 1 aromatic rings. The van der Waals surface area contributed by atoms with Crippen molar-refractivity contribution >= 4 is 0 Å². The molecule has 6 nitrogen and oxygen atoms in total. The molecule has 4 heterocycles. The van der Waals surface area contributed by atoms with Gasteiger partial charge in [0.05, 0.1) is 12.0 Å². The first-order chi connectivity index (χ1) is 9.67. The van der Waals surface area contributed by atoms with Crippen LogP contribution in [0.15, 0.2) is 4.52 Å². The van der Waals surface area contributed by atoms with E-state index in [2.05, 4.69) is 33.8 Å². The highest BCUT2D eigenvalue weighted by Gasteiger charge is 2.36. The van der Waals surface area contributed by atoms with Gasteiger partial charge in [-0.3, -0.25) is 9.80 Å². The summed E-state index contributed by atoms with van der Waals surface area (Å²) in [6.45, 7) is 10.5. The normalized spacial score (nSPS) is 30.9. The molecule has 6 heteroatoms. The molecule has 20 heavy (non-hydrogen) atoms. The van der Waals surface area contributed by atoms with E-state index in [-0.39, 0.29) is 5.92 Å². The van der Waals surface area contributed by atoms with Crippen LogP contribution in [0.2, 0.25) is 0 Å². The van der Waals surface area contributed by atoms with Crippen molar-refractivity contribution in [1.82, 2.24) is 19.9 Å². The predicted molar refractivity (Wildman–Crippen MR) is 76.3 cm³/mol. The number of aromatic nitrogens is 2. The third-order valence-electron chi connectivity index (χ3n) is 4.42. The Balaban J connectivity index is 1.73. The second-order valence-corrected chi connectivity index (χ2v) is 6.41. The molecule has 0 radical (unpaired) electrons. The zero-order valence-corrected chi connectivity index (χ0v) is 12.5. The summed E-state index contributed by atoms with van der Waals surface area (Å²) in [5.41, 5.74) is 5.85. The van der Waals surface area contributed by atoms with Crippen LogP contribution in [0.4, 0.5) is 0 Å². The highest BCUT2D eigenvalue weighted by atomic mass is 16.5. The van der Waals surface area contributed by atoms with Gasteiger partial charge in [-0.05, 0) is 12.3 Å². The van der Waals surface area contributed by atoms with Gasteiger partial charge in [-0.15, -0.1) is 0 Å². The molecule has 0 amide bonds. The fourth-order valence-corrected chi connectivity index (χ4v) is 3.28. The Hall–Kier alpha value is -0.980. The van der Waals surface area contributed by atoms with Crippen LogP contribution in [0.3, 0.4) is 0 Å². The van der Waals surface area contributed by atoms with Crippen LogP contribution in [-0.2, 0) is 0 Å². The second-order valence-electron chi connectivity index (χ2n) is 6.41. The molecule has 2 bridgehead atoms. The van der Waals surface area contributed by atoms with Crippen LogP contribution in [0.1, 0.15) is 43.9 Å². The summed E-state index contributed by atoms with van der Waals surface area (Å²) in [4.78, 5) is 9.60. The number of hydrogen-bond donors (Lipinski definition) is 1. The summed E-state index contributed by atoms with van der Waals surface area (Å²) < 4.78 is 5.49. The average Bonchev–Trinajstić information content (AvgIpc) is 2.95. The fourth-order valence-electron chi connectivity index (χ4n) is 3.28.